The number of nitrogens with one attached hydrogen (secondary N) is 1. The Morgan fingerprint density at radius 2 is 1.78 bits per heavy atom. The molecule has 2 aromatic heterocycles. The Kier molecular flexibility index (Phi) is 8.47. The molecule has 45 heavy (non-hydrogen) atoms. The van der Waals surface area contributed by atoms with E-state index in [1.807, 2.05) is 34.7 Å². The number of methoxy groups -OCH3 is 2. The van der Waals surface area contributed by atoms with Gasteiger partial charge in [-0.25, -0.2) is 9.37 Å². The van der Waals surface area contributed by atoms with Gasteiger partial charge in [0.1, 0.15) is 17.1 Å². The second-order valence-electron chi connectivity index (χ2n) is 9.65. The van der Waals surface area contributed by atoms with E-state index in [1.165, 1.54) is 36.2 Å². The Balaban J connectivity index is 1.33. The van der Waals surface area contributed by atoms with E-state index in [0.29, 0.717) is 48.6 Å². The summed E-state index contributed by atoms with van der Waals surface area (Å²) in [6.45, 7) is -0.377. The molecule has 0 aliphatic carbocycles. The number of furan rings is 1. The van der Waals surface area contributed by atoms with Crippen LogP contribution >= 0.6 is 22.6 Å². The van der Waals surface area contributed by atoms with Gasteiger partial charge in [-0.2, -0.15) is 9.78 Å². The first-order chi connectivity index (χ1) is 21.9. The van der Waals surface area contributed by atoms with Crippen LogP contribution in [0.5, 0.6) is 17.2 Å². The minimum absolute atomic E-state index is 0.0545. The van der Waals surface area contributed by atoms with Gasteiger partial charge in [-0.15, -0.1) is 0 Å². The second-order valence-corrected chi connectivity index (χ2v) is 10.8. The van der Waals surface area contributed by atoms with Gasteiger partial charge in [-0.05, 0) is 82.8 Å². The molecule has 0 aliphatic rings. The Bertz CT molecular complexity index is 2160. The van der Waals surface area contributed by atoms with E-state index in [2.05, 4.69) is 10.4 Å². The molecule has 226 valence electrons. The average Bonchev–Trinajstić information content (AvgIpc) is 3.49. The van der Waals surface area contributed by atoms with Crippen molar-refractivity contribution in [3.8, 4) is 28.8 Å². The predicted octanol–water partition coefficient (Wildman–Crippen LogP) is 6.47. The van der Waals surface area contributed by atoms with Crippen molar-refractivity contribution in [2.75, 3.05) is 26.1 Å². The highest BCUT2D eigenvalue weighted by Crippen LogP contribution is 2.35. The zero-order valence-corrected chi connectivity index (χ0v) is 26.1. The first kappa shape index (κ1) is 29.8. The smallest absolute Gasteiger partial charge is 0.282 e. The molecule has 0 unspecified atom stereocenters. The molecule has 0 saturated carbocycles. The number of hydrogen-bond donors (Lipinski definition) is 1. The summed E-state index contributed by atoms with van der Waals surface area (Å²) >= 11 is 2.05. The lowest BCUT2D eigenvalue weighted by molar-refractivity contribution is -0.118. The molecular weight excluding hydrogens is 694 g/mol. The number of fused-ring (bicyclic) bond motifs is 2. The number of anilines is 1. The van der Waals surface area contributed by atoms with Crippen LogP contribution in [0, 0.1) is 9.39 Å². The van der Waals surface area contributed by atoms with Crippen LogP contribution < -0.4 is 25.1 Å². The number of carbonyl (C=O) groups excluding carboxylic acids is 1. The largest absolute Gasteiger partial charge is 0.496 e. The number of carbonyl (C=O) groups is 1. The normalized spacial score (nSPS) is 11.3. The molecule has 0 saturated heterocycles. The fourth-order valence-electron chi connectivity index (χ4n) is 4.68. The van der Waals surface area contributed by atoms with Gasteiger partial charge in [0.2, 0.25) is 5.82 Å². The zero-order chi connectivity index (χ0) is 31.5. The summed E-state index contributed by atoms with van der Waals surface area (Å²) in [6.07, 6.45) is 1.49. The van der Waals surface area contributed by atoms with Crippen molar-refractivity contribution in [2.45, 2.75) is 0 Å². The highest BCUT2D eigenvalue weighted by Gasteiger charge is 2.19. The van der Waals surface area contributed by atoms with Gasteiger partial charge in [-0.3, -0.25) is 9.59 Å². The van der Waals surface area contributed by atoms with Crippen molar-refractivity contribution < 1.29 is 27.8 Å². The van der Waals surface area contributed by atoms with Crippen molar-refractivity contribution in [2.24, 2.45) is 5.10 Å². The lowest BCUT2D eigenvalue weighted by atomic mass is 10.2. The summed E-state index contributed by atoms with van der Waals surface area (Å²) in [5.74, 6) is 0.716. The van der Waals surface area contributed by atoms with Gasteiger partial charge >= 0.3 is 0 Å². The summed E-state index contributed by atoms with van der Waals surface area (Å²) in [4.78, 5) is 30.8. The van der Waals surface area contributed by atoms with Gasteiger partial charge in [0.15, 0.2) is 23.9 Å². The number of amides is 1. The van der Waals surface area contributed by atoms with Crippen LogP contribution in [0.25, 0.3) is 33.5 Å². The monoisotopic (exact) mass is 718 g/mol. The molecule has 0 radical (unpaired) electrons. The quantitative estimate of drug-likeness (QED) is 0.135. The molecule has 0 fully saturated rings. The first-order valence-corrected chi connectivity index (χ1v) is 14.6. The van der Waals surface area contributed by atoms with Crippen molar-refractivity contribution in [1.82, 2.24) is 9.66 Å². The number of ether oxygens (including phenoxy) is 3. The van der Waals surface area contributed by atoms with E-state index in [-0.39, 0.29) is 23.7 Å². The molecule has 4 aromatic carbocycles. The molecule has 0 aliphatic heterocycles. The molecule has 1 amide bonds. The molecule has 1 N–H and O–H groups in total. The lowest BCUT2D eigenvalue weighted by Crippen LogP contribution is -2.21. The average molecular weight is 718 g/mol. The Morgan fingerprint density at radius 3 is 2.58 bits per heavy atom. The fourth-order valence-corrected chi connectivity index (χ4v) is 5.46. The molecule has 0 spiro atoms. The van der Waals surface area contributed by atoms with Crippen LogP contribution in [-0.4, -0.2) is 42.6 Å². The maximum absolute atomic E-state index is 13.9. The standard InChI is InChI=1S/C33H24FIN4O6/c1-42-26-12-7-13-27-21(26)16-29(45-27)32-38-24-10-5-3-8-20(24)33(41)39(32)36-17-19-14-23(35)31(28(15-19)43-2)44-18-30(40)37-25-11-6-4-9-22(25)34/h3-17H,18H2,1-2H3,(H,37,40). The van der Waals surface area contributed by atoms with Gasteiger partial charge in [0, 0.05) is 0 Å². The number of hydrogen-bond acceptors (Lipinski definition) is 8. The third-order valence-electron chi connectivity index (χ3n) is 6.79. The number of para-hydroxylation sites is 2. The summed E-state index contributed by atoms with van der Waals surface area (Å²) < 4.78 is 38.5. The first-order valence-electron chi connectivity index (χ1n) is 13.5. The molecule has 0 atom stereocenters. The minimum atomic E-state index is -0.550. The van der Waals surface area contributed by atoms with Crippen LogP contribution in [0.2, 0.25) is 0 Å². The topological polar surface area (TPSA) is 117 Å². The molecule has 10 nitrogen and oxygen atoms in total. The van der Waals surface area contributed by atoms with Crippen molar-refractivity contribution in [1.29, 1.82) is 0 Å². The summed E-state index contributed by atoms with van der Waals surface area (Å²) in [5.41, 5.74) is 1.31. The molecular formula is C33H24FIN4O6. The van der Waals surface area contributed by atoms with Gasteiger partial charge in [0.25, 0.3) is 11.5 Å². The lowest BCUT2D eigenvalue weighted by Gasteiger charge is -2.14. The molecule has 6 rings (SSSR count). The van der Waals surface area contributed by atoms with Gasteiger partial charge in [0.05, 0.1) is 46.0 Å². The van der Waals surface area contributed by atoms with Crippen molar-refractivity contribution in [3.63, 3.8) is 0 Å². The van der Waals surface area contributed by atoms with E-state index in [9.17, 15) is 14.0 Å². The highest BCUT2D eigenvalue weighted by molar-refractivity contribution is 14.1. The summed E-state index contributed by atoms with van der Waals surface area (Å²) in [5, 5.41) is 8.11. The Hall–Kier alpha value is -5.24. The molecule has 6 aromatic rings. The van der Waals surface area contributed by atoms with Crippen molar-refractivity contribution in [3.05, 3.63) is 110 Å². The maximum Gasteiger partial charge on any atom is 0.282 e. The van der Waals surface area contributed by atoms with Crippen LogP contribution in [0.3, 0.4) is 0 Å². The number of benzene rings is 4. The Labute approximate surface area is 269 Å². The fraction of sp³-hybridized carbons (Fsp3) is 0.0909. The third kappa shape index (κ3) is 6.09. The number of aromatic nitrogens is 2. The Morgan fingerprint density at radius 1 is 1.00 bits per heavy atom. The van der Waals surface area contributed by atoms with Crippen LogP contribution in [-0.2, 0) is 4.79 Å². The molecule has 2 heterocycles. The van der Waals surface area contributed by atoms with Crippen LogP contribution in [0.4, 0.5) is 10.1 Å². The van der Waals surface area contributed by atoms with Crippen molar-refractivity contribution >= 4 is 62.3 Å². The van der Waals surface area contributed by atoms with E-state index in [1.54, 1.807) is 61.7 Å². The van der Waals surface area contributed by atoms with Crippen LogP contribution in [0.15, 0.2) is 99.2 Å². The summed E-state index contributed by atoms with van der Waals surface area (Å²) in [6, 6.07) is 23.4. The summed E-state index contributed by atoms with van der Waals surface area (Å²) in [7, 11) is 3.03. The van der Waals surface area contributed by atoms with Gasteiger partial charge in [-0.1, -0.05) is 30.3 Å². The molecule has 0 bridgehead atoms. The number of halogens is 2. The number of nitrogens with zero attached hydrogens (tertiary/aromatic N) is 3. The van der Waals surface area contributed by atoms with Gasteiger partial charge < -0.3 is 23.9 Å². The van der Waals surface area contributed by atoms with Crippen LogP contribution in [0.1, 0.15) is 5.56 Å². The second kappa shape index (κ2) is 12.8. The zero-order valence-electron chi connectivity index (χ0n) is 23.9. The predicted molar refractivity (Wildman–Crippen MR) is 177 cm³/mol. The number of rotatable bonds is 9. The van der Waals surface area contributed by atoms with E-state index in [4.69, 9.17) is 23.6 Å². The third-order valence-corrected chi connectivity index (χ3v) is 7.59. The molecule has 12 heteroatoms. The maximum atomic E-state index is 13.9. The van der Waals surface area contributed by atoms with E-state index in [0.717, 1.165) is 5.39 Å². The SMILES string of the molecule is COc1cc(C=Nn2c(-c3cc4c(OC)cccc4o3)nc3ccccc3c2=O)cc(I)c1OCC(=O)Nc1ccccc1F. The van der Waals surface area contributed by atoms with E-state index >= 15 is 0 Å². The van der Waals surface area contributed by atoms with E-state index < -0.39 is 11.7 Å². The highest BCUT2D eigenvalue weighted by atomic mass is 127. The minimum Gasteiger partial charge on any atom is -0.496 e.